The normalized spacial score (nSPS) is 19.3. The van der Waals surface area contributed by atoms with Crippen molar-refractivity contribution in [3.05, 3.63) is 41.3 Å². The number of rotatable bonds is 3. The Morgan fingerprint density at radius 2 is 2.33 bits per heavy atom. The fourth-order valence-electron chi connectivity index (χ4n) is 2.43. The molecule has 3 nitrogen and oxygen atoms in total. The highest BCUT2D eigenvalue weighted by Crippen LogP contribution is 2.22. The lowest BCUT2D eigenvalue weighted by molar-refractivity contribution is 0.565. The molecule has 18 heavy (non-hydrogen) atoms. The Labute approximate surface area is 112 Å². The summed E-state index contributed by atoms with van der Waals surface area (Å²) in [5.74, 6) is 1.78. The first kappa shape index (κ1) is 11.8. The molecule has 1 aliphatic rings. The van der Waals surface area contributed by atoms with Crippen LogP contribution in [0, 0.1) is 5.92 Å². The highest BCUT2D eigenvalue weighted by molar-refractivity contribution is 6.30. The van der Waals surface area contributed by atoms with Crippen molar-refractivity contribution in [3.8, 4) is 11.3 Å². The molecule has 1 aromatic carbocycles. The molecule has 0 bridgehead atoms. The van der Waals surface area contributed by atoms with E-state index < -0.39 is 0 Å². The van der Waals surface area contributed by atoms with Gasteiger partial charge in [0.25, 0.3) is 0 Å². The van der Waals surface area contributed by atoms with Crippen LogP contribution in [-0.4, -0.2) is 23.1 Å². The van der Waals surface area contributed by atoms with Gasteiger partial charge in [-0.15, -0.1) is 0 Å². The minimum atomic E-state index is 0.711. The van der Waals surface area contributed by atoms with Crippen molar-refractivity contribution in [1.82, 2.24) is 15.3 Å². The Morgan fingerprint density at radius 3 is 3.11 bits per heavy atom. The summed E-state index contributed by atoms with van der Waals surface area (Å²) in [5, 5.41) is 4.13. The summed E-state index contributed by atoms with van der Waals surface area (Å²) >= 11 is 6.00. The van der Waals surface area contributed by atoms with Crippen molar-refractivity contribution in [3.63, 3.8) is 0 Å². The average molecular weight is 262 g/mol. The van der Waals surface area contributed by atoms with Gasteiger partial charge in [-0.25, -0.2) is 4.98 Å². The van der Waals surface area contributed by atoms with Crippen LogP contribution in [0.1, 0.15) is 12.2 Å². The number of aromatic amines is 1. The summed E-state index contributed by atoms with van der Waals surface area (Å²) < 4.78 is 0. The lowest BCUT2D eigenvalue weighted by Crippen LogP contribution is -2.11. The van der Waals surface area contributed by atoms with E-state index in [4.69, 9.17) is 11.6 Å². The molecule has 1 aliphatic heterocycles. The molecule has 0 saturated carbocycles. The van der Waals surface area contributed by atoms with Gasteiger partial charge in [0.2, 0.25) is 0 Å². The number of hydrogen-bond donors (Lipinski definition) is 2. The molecule has 2 N–H and O–H groups in total. The topological polar surface area (TPSA) is 40.7 Å². The molecule has 0 amide bonds. The molecule has 1 aromatic heterocycles. The van der Waals surface area contributed by atoms with Crippen LogP contribution < -0.4 is 5.32 Å². The number of H-pyrrole nitrogens is 1. The third kappa shape index (κ3) is 2.57. The van der Waals surface area contributed by atoms with Crippen LogP contribution in [0.15, 0.2) is 30.5 Å². The average Bonchev–Trinajstić information content (AvgIpc) is 3.01. The van der Waals surface area contributed by atoms with Crippen LogP contribution in [0.3, 0.4) is 0 Å². The molecule has 2 heterocycles. The second kappa shape index (κ2) is 5.12. The second-order valence-corrected chi connectivity index (χ2v) is 5.25. The summed E-state index contributed by atoms with van der Waals surface area (Å²) in [5.41, 5.74) is 2.13. The molecule has 4 heteroatoms. The lowest BCUT2D eigenvalue weighted by atomic mass is 10.1. The third-order valence-electron chi connectivity index (χ3n) is 3.41. The zero-order valence-electron chi connectivity index (χ0n) is 10.1. The van der Waals surface area contributed by atoms with E-state index in [9.17, 15) is 0 Å². The number of aromatic nitrogens is 2. The summed E-state index contributed by atoms with van der Waals surface area (Å²) in [6, 6.07) is 7.84. The summed E-state index contributed by atoms with van der Waals surface area (Å²) in [7, 11) is 0. The molecule has 0 aliphatic carbocycles. The smallest absolute Gasteiger partial charge is 0.106 e. The highest BCUT2D eigenvalue weighted by atomic mass is 35.5. The van der Waals surface area contributed by atoms with Crippen LogP contribution in [0.4, 0.5) is 0 Å². The summed E-state index contributed by atoms with van der Waals surface area (Å²) in [6.45, 7) is 2.24. The Kier molecular flexibility index (Phi) is 3.35. The molecular weight excluding hydrogens is 246 g/mol. The first-order chi connectivity index (χ1) is 8.81. The highest BCUT2D eigenvalue weighted by Gasteiger charge is 2.16. The predicted molar refractivity (Wildman–Crippen MR) is 73.7 cm³/mol. The molecular formula is C14H16ClN3. The lowest BCUT2D eigenvalue weighted by Gasteiger charge is -2.04. The molecule has 1 atom stereocenters. The van der Waals surface area contributed by atoms with Gasteiger partial charge in [0.15, 0.2) is 0 Å². The first-order valence-corrected chi connectivity index (χ1v) is 6.69. The molecule has 0 radical (unpaired) electrons. The van der Waals surface area contributed by atoms with Crippen LogP contribution in [0.2, 0.25) is 5.02 Å². The van der Waals surface area contributed by atoms with Crippen molar-refractivity contribution in [2.24, 2.45) is 5.92 Å². The van der Waals surface area contributed by atoms with Crippen LogP contribution >= 0.6 is 11.6 Å². The van der Waals surface area contributed by atoms with Gasteiger partial charge in [0.05, 0.1) is 11.9 Å². The second-order valence-electron chi connectivity index (χ2n) is 4.82. The molecule has 1 saturated heterocycles. The molecule has 1 fully saturated rings. The van der Waals surface area contributed by atoms with Gasteiger partial charge < -0.3 is 10.3 Å². The predicted octanol–water partition coefficient (Wildman–Crippen LogP) is 2.88. The summed E-state index contributed by atoms with van der Waals surface area (Å²) in [6.07, 6.45) is 4.16. The Morgan fingerprint density at radius 1 is 1.39 bits per heavy atom. The maximum absolute atomic E-state index is 6.00. The van der Waals surface area contributed by atoms with Gasteiger partial charge in [-0.05, 0) is 37.6 Å². The SMILES string of the molecule is Clc1cccc(-c2cnc(CC3CCNC3)[nH]2)c1. The van der Waals surface area contributed by atoms with Gasteiger partial charge >= 0.3 is 0 Å². The van der Waals surface area contributed by atoms with E-state index in [2.05, 4.69) is 15.3 Å². The van der Waals surface area contributed by atoms with E-state index in [1.54, 1.807) is 0 Å². The van der Waals surface area contributed by atoms with E-state index in [0.29, 0.717) is 5.92 Å². The quantitative estimate of drug-likeness (QED) is 0.892. The van der Waals surface area contributed by atoms with E-state index in [0.717, 1.165) is 41.6 Å². The van der Waals surface area contributed by atoms with Gasteiger partial charge in [-0.1, -0.05) is 23.7 Å². The number of nitrogens with zero attached hydrogens (tertiary/aromatic N) is 1. The summed E-state index contributed by atoms with van der Waals surface area (Å²) in [4.78, 5) is 7.85. The van der Waals surface area contributed by atoms with Gasteiger partial charge in [-0.2, -0.15) is 0 Å². The molecule has 2 aromatic rings. The number of hydrogen-bond acceptors (Lipinski definition) is 2. The standard InChI is InChI=1S/C14H16ClN3/c15-12-3-1-2-11(7-12)13-9-17-14(18-13)6-10-4-5-16-8-10/h1-3,7,9-10,16H,4-6,8H2,(H,17,18). The van der Waals surface area contributed by atoms with Crippen molar-refractivity contribution in [2.45, 2.75) is 12.8 Å². The van der Waals surface area contributed by atoms with Crippen molar-refractivity contribution >= 4 is 11.6 Å². The maximum atomic E-state index is 6.00. The number of benzene rings is 1. The molecule has 1 unspecified atom stereocenters. The number of halogens is 1. The van der Waals surface area contributed by atoms with Crippen LogP contribution in [0.25, 0.3) is 11.3 Å². The Balaban J connectivity index is 1.76. The zero-order chi connectivity index (χ0) is 12.4. The first-order valence-electron chi connectivity index (χ1n) is 6.32. The van der Waals surface area contributed by atoms with E-state index in [1.165, 1.54) is 6.42 Å². The molecule has 0 spiro atoms. The van der Waals surface area contributed by atoms with Gasteiger partial charge in [-0.3, -0.25) is 0 Å². The van der Waals surface area contributed by atoms with Gasteiger partial charge in [0.1, 0.15) is 5.82 Å². The fourth-order valence-corrected chi connectivity index (χ4v) is 2.62. The largest absolute Gasteiger partial charge is 0.342 e. The molecule has 3 rings (SSSR count). The number of imidazole rings is 1. The Hall–Kier alpha value is -1.32. The fraction of sp³-hybridized carbons (Fsp3) is 0.357. The monoisotopic (exact) mass is 261 g/mol. The zero-order valence-corrected chi connectivity index (χ0v) is 10.9. The van der Waals surface area contributed by atoms with E-state index in [-0.39, 0.29) is 0 Å². The van der Waals surface area contributed by atoms with Crippen LogP contribution in [-0.2, 0) is 6.42 Å². The van der Waals surface area contributed by atoms with Crippen molar-refractivity contribution in [2.75, 3.05) is 13.1 Å². The maximum Gasteiger partial charge on any atom is 0.106 e. The van der Waals surface area contributed by atoms with Crippen molar-refractivity contribution in [1.29, 1.82) is 0 Å². The van der Waals surface area contributed by atoms with Gasteiger partial charge in [0, 0.05) is 17.0 Å². The third-order valence-corrected chi connectivity index (χ3v) is 3.64. The van der Waals surface area contributed by atoms with Crippen LogP contribution in [0.5, 0.6) is 0 Å². The minimum Gasteiger partial charge on any atom is -0.342 e. The van der Waals surface area contributed by atoms with E-state index >= 15 is 0 Å². The number of nitrogens with one attached hydrogen (secondary N) is 2. The Bertz CT molecular complexity index is 529. The molecule has 94 valence electrons. The van der Waals surface area contributed by atoms with E-state index in [1.807, 2.05) is 30.5 Å². The minimum absolute atomic E-state index is 0.711. The van der Waals surface area contributed by atoms with Crippen molar-refractivity contribution < 1.29 is 0 Å².